The summed E-state index contributed by atoms with van der Waals surface area (Å²) in [6.45, 7) is 0.507. The lowest BCUT2D eigenvalue weighted by Gasteiger charge is -2.03. The first kappa shape index (κ1) is 16.7. The fraction of sp³-hybridized carbons (Fsp3) is 0.118. The quantitative estimate of drug-likeness (QED) is 0.631. The van der Waals surface area contributed by atoms with Crippen LogP contribution in [0.25, 0.3) is 11.5 Å². The molecule has 1 amide bonds. The molecule has 122 valence electrons. The zero-order chi connectivity index (χ0) is 16.8. The Morgan fingerprint density at radius 2 is 1.96 bits per heavy atom. The highest BCUT2D eigenvalue weighted by Crippen LogP contribution is 2.25. The summed E-state index contributed by atoms with van der Waals surface area (Å²) in [7, 11) is 0. The molecule has 1 aromatic heterocycles. The minimum atomic E-state index is -0.0777. The number of thioether (sulfide) groups is 1. The second kappa shape index (κ2) is 8.12. The van der Waals surface area contributed by atoms with E-state index < -0.39 is 0 Å². The summed E-state index contributed by atoms with van der Waals surface area (Å²) in [5, 5.41) is 11.2. The smallest absolute Gasteiger partial charge is 0.277 e. The summed E-state index contributed by atoms with van der Waals surface area (Å²) in [4.78, 5) is 11.9. The summed E-state index contributed by atoms with van der Waals surface area (Å²) < 4.78 is 6.52. The number of nitrogens with one attached hydrogen (secondary N) is 1. The van der Waals surface area contributed by atoms with Gasteiger partial charge in [-0.05, 0) is 23.8 Å². The van der Waals surface area contributed by atoms with Gasteiger partial charge in [0.15, 0.2) is 0 Å². The Morgan fingerprint density at radius 1 is 1.12 bits per heavy atom. The highest BCUT2D eigenvalue weighted by atomic mass is 79.9. The van der Waals surface area contributed by atoms with Crippen LogP contribution in [0.2, 0.25) is 0 Å². The van der Waals surface area contributed by atoms with Gasteiger partial charge < -0.3 is 9.73 Å². The van der Waals surface area contributed by atoms with E-state index in [0.29, 0.717) is 17.7 Å². The fourth-order valence-corrected chi connectivity index (χ4v) is 2.97. The van der Waals surface area contributed by atoms with Gasteiger partial charge in [-0.15, -0.1) is 10.2 Å². The predicted molar refractivity (Wildman–Crippen MR) is 96.4 cm³/mol. The second-order valence-electron chi connectivity index (χ2n) is 4.93. The van der Waals surface area contributed by atoms with Crippen molar-refractivity contribution in [1.82, 2.24) is 15.5 Å². The van der Waals surface area contributed by atoms with Crippen molar-refractivity contribution in [2.75, 3.05) is 5.75 Å². The Bertz CT molecular complexity index is 823. The van der Waals surface area contributed by atoms with Gasteiger partial charge in [0, 0.05) is 16.6 Å². The molecule has 0 aliphatic rings. The molecule has 0 radical (unpaired) electrons. The summed E-state index contributed by atoms with van der Waals surface area (Å²) in [5.74, 6) is 0.585. The van der Waals surface area contributed by atoms with E-state index in [0.717, 1.165) is 15.6 Å². The van der Waals surface area contributed by atoms with Gasteiger partial charge in [-0.25, -0.2) is 0 Å². The van der Waals surface area contributed by atoms with Crippen LogP contribution in [0.1, 0.15) is 5.56 Å². The number of aromatic nitrogens is 2. The van der Waals surface area contributed by atoms with Crippen molar-refractivity contribution in [2.24, 2.45) is 0 Å². The van der Waals surface area contributed by atoms with Gasteiger partial charge in [-0.2, -0.15) is 0 Å². The largest absolute Gasteiger partial charge is 0.411 e. The van der Waals surface area contributed by atoms with E-state index in [1.165, 1.54) is 11.8 Å². The van der Waals surface area contributed by atoms with E-state index in [4.69, 9.17) is 4.42 Å². The first-order valence-corrected chi connectivity index (χ1v) is 9.01. The molecule has 7 heteroatoms. The number of halogens is 1. The Hall–Kier alpha value is -2.12. The molecule has 24 heavy (non-hydrogen) atoms. The number of carbonyl (C=O) groups is 1. The van der Waals surface area contributed by atoms with E-state index in [1.807, 2.05) is 54.6 Å². The van der Waals surface area contributed by atoms with Crippen molar-refractivity contribution in [3.8, 4) is 11.5 Å². The summed E-state index contributed by atoms with van der Waals surface area (Å²) >= 11 is 4.62. The molecule has 1 heterocycles. The van der Waals surface area contributed by atoms with Gasteiger partial charge in [0.2, 0.25) is 11.8 Å². The minimum absolute atomic E-state index is 0.0777. The third-order valence-corrected chi connectivity index (χ3v) is 4.45. The molecule has 3 aromatic rings. The van der Waals surface area contributed by atoms with Crippen LogP contribution < -0.4 is 5.32 Å². The molecule has 1 N–H and O–H groups in total. The third-order valence-electron chi connectivity index (χ3n) is 3.14. The monoisotopic (exact) mass is 403 g/mol. The molecule has 3 rings (SSSR count). The normalized spacial score (nSPS) is 10.5. The number of benzene rings is 2. The zero-order valence-corrected chi connectivity index (χ0v) is 15.0. The van der Waals surface area contributed by atoms with Gasteiger partial charge in [-0.3, -0.25) is 4.79 Å². The standard InChI is InChI=1S/C17H14BrN3O2S/c18-14-8-4-7-13(9-14)16-20-21-17(23-16)24-11-15(22)19-10-12-5-2-1-3-6-12/h1-9H,10-11H2,(H,19,22). The minimum Gasteiger partial charge on any atom is -0.411 e. The summed E-state index contributed by atoms with van der Waals surface area (Å²) in [6, 6.07) is 17.4. The molecule has 0 saturated carbocycles. The molecule has 0 aliphatic heterocycles. The number of carbonyl (C=O) groups excluding carboxylic acids is 1. The lowest BCUT2D eigenvalue weighted by atomic mass is 10.2. The lowest BCUT2D eigenvalue weighted by molar-refractivity contribution is -0.118. The number of hydrogen-bond acceptors (Lipinski definition) is 5. The van der Waals surface area contributed by atoms with Gasteiger partial charge in [-0.1, -0.05) is 64.1 Å². The summed E-state index contributed by atoms with van der Waals surface area (Å²) in [6.07, 6.45) is 0. The van der Waals surface area contributed by atoms with Crippen LogP contribution in [-0.2, 0) is 11.3 Å². The van der Waals surface area contributed by atoms with E-state index in [2.05, 4.69) is 31.4 Å². The Balaban J connectivity index is 1.51. The molecule has 0 aliphatic carbocycles. The maximum absolute atomic E-state index is 11.9. The van der Waals surface area contributed by atoms with E-state index in [9.17, 15) is 4.79 Å². The van der Waals surface area contributed by atoms with E-state index >= 15 is 0 Å². The first-order valence-electron chi connectivity index (χ1n) is 7.23. The van der Waals surface area contributed by atoms with Crippen LogP contribution >= 0.6 is 27.7 Å². The molecule has 0 fully saturated rings. The Morgan fingerprint density at radius 3 is 2.75 bits per heavy atom. The second-order valence-corrected chi connectivity index (χ2v) is 6.78. The molecule has 0 spiro atoms. The van der Waals surface area contributed by atoms with Crippen molar-refractivity contribution in [3.63, 3.8) is 0 Å². The van der Waals surface area contributed by atoms with Crippen molar-refractivity contribution >= 4 is 33.6 Å². The molecule has 2 aromatic carbocycles. The molecule has 0 atom stereocenters. The third kappa shape index (κ3) is 4.69. The molecule has 5 nitrogen and oxygen atoms in total. The van der Waals surface area contributed by atoms with Crippen molar-refractivity contribution in [1.29, 1.82) is 0 Å². The van der Waals surface area contributed by atoms with Gasteiger partial charge in [0.05, 0.1) is 5.75 Å². The van der Waals surface area contributed by atoms with Gasteiger partial charge >= 0.3 is 0 Å². The van der Waals surface area contributed by atoms with Crippen molar-refractivity contribution in [3.05, 3.63) is 64.6 Å². The van der Waals surface area contributed by atoms with E-state index in [-0.39, 0.29) is 11.7 Å². The number of rotatable bonds is 6. The maximum atomic E-state index is 11.9. The average Bonchev–Trinajstić information content (AvgIpc) is 3.08. The van der Waals surface area contributed by atoms with E-state index in [1.54, 1.807) is 0 Å². The summed E-state index contributed by atoms with van der Waals surface area (Å²) in [5.41, 5.74) is 1.89. The highest BCUT2D eigenvalue weighted by Gasteiger charge is 2.11. The van der Waals surface area contributed by atoms with Gasteiger partial charge in [0.25, 0.3) is 5.22 Å². The first-order chi connectivity index (χ1) is 11.7. The lowest BCUT2D eigenvalue weighted by Crippen LogP contribution is -2.24. The number of amides is 1. The van der Waals surface area contributed by atoms with Crippen LogP contribution in [0.3, 0.4) is 0 Å². The van der Waals surface area contributed by atoms with Crippen LogP contribution in [0, 0.1) is 0 Å². The molecule has 0 unspecified atom stereocenters. The molecule has 0 bridgehead atoms. The fourth-order valence-electron chi connectivity index (χ4n) is 1.98. The number of hydrogen-bond donors (Lipinski definition) is 1. The maximum Gasteiger partial charge on any atom is 0.277 e. The highest BCUT2D eigenvalue weighted by molar-refractivity contribution is 9.10. The molecule has 0 saturated heterocycles. The predicted octanol–water partition coefficient (Wildman–Crippen LogP) is 3.91. The van der Waals surface area contributed by atoms with Crippen LogP contribution in [0.4, 0.5) is 0 Å². The zero-order valence-electron chi connectivity index (χ0n) is 12.6. The molecular formula is C17H14BrN3O2S. The van der Waals surface area contributed by atoms with Crippen LogP contribution in [0.15, 0.2) is 68.7 Å². The average molecular weight is 404 g/mol. The van der Waals surface area contributed by atoms with Gasteiger partial charge in [0.1, 0.15) is 0 Å². The Kier molecular flexibility index (Phi) is 5.66. The van der Waals surface area contributed by atoms with Crippen molar-refractivity contribution in [2.45, 2.75) is 11.8 Å². The Labute approximate surface area is 152 Å². The van der Waals surface area contributed by atoms with Crippen LogP contribution in [-0.4, -0.2) is 21.9 Å². The number of nitrogens with zero attached hydrogens (tertiary/aromatic N) is 2. The SMILES string of the molecule is O=C(CSc1nnc(-c2cccc(Br)c2)o1)NCc1ccccc1. The van der Waals surface area contributed by atoms with Crippen molar-refractivity contribution < 1.29 is 9.21 Å². The van der Waals surface area contributed by atoms with Crippen LogP contribution in [0.5, 0.6) is 0 Å². The molecular weight excluding hydrogens is 390 g/mol. The topological polar surface area (TPSA) is 68.0 Å².